The predicted molar refractivity (Wildman–Crippen MR) is 66.2 cm³/mol. The van der Waals surface area contributed by atoms with E-state index in [0.717, 1.165) is 16.5 Å². The quantitative estimate of drug-likeness (QED) is 0.784. The van der Waals surface area contributed by atoms with Crippen LogP contribution in [0.1, 0.15) is 19.4 Å². The number of thiocarbonyl (C=S) groups is 1. The lowest BCUT2D eigenvalue weighted by molar-refractivity contribution is 0.236. The van der Waals surface area contributed by atoms with Crippen molar-refractivity contribution in [2.75, 3.05) is 0 Å². The molecule has 78 valence electrons. The van der Waals surface area contributed by atoms with Crippen LogP contribution in [0.3, 0.4) is 0 Å². The maximum absolute atomic E-state index is 5.51. The molecule has 0 aliphatic heterocycles. The molecule has 0 fully saturated rings. The first-order valence-corrected chi connectivity index (χ1v) is 5.36. The number of nitrogens with one attached hydrogen (secondary N) is 1. The van der Waals surface area contributed by atoms with Crippen LogP contribution in [0.25, 0.3) is 10.9 Å². The minimum absolute atomic E-state index is 0.117. The van der Waals surface area contributed by atoms with Crippen molar-refractivity contribution in [3.8, 4) is 0 Å². The van der Waals surface area contributed by atoms with Crippen LogP contribution in [0.2, 0.25) is 0 Å². The molecule has 1 heterocycles. The Hall–Kier alpha value is -1.35. The number of fused-ring (bicyclic) bond motifs is 1. The third kappa shape index (κ3) is 2.02. The molecule has 1 aromatic heterocycles. The average Bonchev–Trinajstić information content (AvgIpc) is 2.59. The molecule has 15 heavy (non-hydrogen) atoms. The van der Waals surface area contributed by atoms with E-state index in [4.69, 9.17) is 17.0 Å². The van der Waals surface area contributed by atoms with Crippen LogP contribution < -0.4 is 0 Å². The molecule has 0 spiro atoms. The number of rotatable bonds is 2. The normalized spacial score (nSPS) is 10.9. The summed E-state index contributed by atoms with van der Waals surface area (Å²) in [5.41, 5.74) is 2.05. The summed E-state index contributed by atoms with van der Waals surface area (Å²) in [5, 5.41) is 1.67. The zero-order valence-electron chi connectivity index (χ0n) is 8.78. The Labute approximate surface area is 94.3 Å². The van der Waals surface area contributed by atoms with Gasteiger partial charge in [0.05, 0.1) is 11.7 Å². The molecule has 0 radical (unpaired) electrons. The Bertz CT molecular complexity index is 487. The number of aromatic amines is 1. The summed E-state index contributed by atoms with van der Waals surface area (Å²) in [6.07, 6.45) is 2.02. The van der Waals surface area contributed by atoms with E-state index >= 15 is 0 Å². The molecule has 0 saturated carbocycles. The second-order valence-electron chi connectivity index (χ2n) is 3.70. The summed E-state index contributed by atoms with van der Waals surface area (Å²) in [4.78, 5) is 3.17. The number of H-pyrrole nitrogens is 1. The average molecular weight is 219 g/mol. The van der Waals surface area contributed by atoms with Crippen molar-refractivity contribution in [2.45, 2.75) is 20.0 Å². The van der Waals surface area contributed by atoms with Crippen molar-refractivity contribution in [1.82, 2.24) is 4.98 Å². The number of ether oxygens (including phenoxy) is 1. The Balaban J connectivity index is 2.40. The largest absolute Gasteiger partial charge is 0.480 e. The van der Waals surface area contributed by atoms with Crippen LogP contribution >= 0.6 is 12.2 Å². The lowest BCUT2D eigenvalue weighted by Gasteiger charge is -2.09. The predicted octanol–water partition coefficient (Wildman–Crippen LogP) is 3.27. The highest BCUT2D eigenvalue weighted by molar-refractivity contribution is 7.80. The smallest absolute Gasteiger partial charge is 0.193 e. The molecule has 1 N–H and O–H groups in total. The van der Waals surface area contributed by atoms with Gasteiger partial charge in [-0.15, -0.1) is 0 Å². The van der Waals surface area contributed by atoms with Gasteiger partial charge in [0.15, 0.2) is 5.05 Å². The fourth-order valence-electron chi connectivity index (χ4n) is 1.52. The zero-order valence-corrected chi connectivity index (χ0v) is 9.60. The second kappa shape index (κ2) is 4.03. The van der Waals surface area contributed by atoms with Crippen LogP contribution in [0.4, 0.5) is 0 Å². The molecular weight excluding hydrogens is 206 g/mol. The standard InChI is InChI=1S/C12H13NOS/c1-8(2)14-12(15)10-7-13-11-6-4-3-5-9(10)11/h3-8,13H,1-2H3. The lowest BCUT2D eigenvalue weighted by atomic mass is 10.2. The summed E-state index contributed by atoms with van der Waals surface area (Å²) in [5.74, 6) is 0. The second-order valence-corrected chi connectivity index (χ2v) is 4.07. The number of hydrogen-bond donors (Lipinski definition) is 1. The molecule has 0 unspecified atom stereocenters. The fourth-order valence-corrected chi connectivity index (χ4v) is 1.88. The Morgan fingerprint density at radius 2 is 2.07 bits per heavy atom. The highest BCUT2D eigenvalue weighted by Crippen LogP contribution is 2.19. The maximum atomic E-state index is 5.51. The van der Waals surface area contributed by atoms with Crippen LogP contribution in [-0.2, 0) is 4.74 Å². The first-order valence-electron chi connectivity index (χ1n) is 4.95. The van der Waals surface area contributed by atoms with Gasteiger partial charge in [0, 0.05) is 17.1 Å². The topological polar surface area (TPSA) is 25.0 Å². The molecule has 0 aliphatic rings. The van der Waals surface area contributed by atoms with Gasteiger partial charge in [-0.05, 0) is 32.1 Å². The monoisotopic (exact) mass is 219 g/mol. The number of aromatic nitrogens is 1. The minimum Gasteiger partial charge on any atom is -0.480 e. The highest BCUT2D eigenvalue weighted by atomic mass is 32.1. The fraction of sp³-hybridized carbons (Fsp3) is 0.250. The molecule has 0 bridgehead atoms. The van der Waals surface area contributed by atoms with Crippen molar-refractivity contribution in [1.29, 1.82) is 0 Å². The van der Waals surface area contributed by atoms with Gasteiger partial charge in [0.1, 0.15) is 0 Å². The molecular formula is C12H13NOS. The zero-order chi connectivity index (χ0) is 10.8. The lowest BCUT2D eigenvalue weighted by Crippen LogP contribution is -2.09. The summed E-state index contributed by atoms with van der Waals surface area (Å²) in [7, 11) is 0. The summed E-state index contributed by atoms with van der Waals surface area (Å²) in [6.45, 7) is 3.95. The molecule has 2 rings (SSSR count). The molecule has 0 saturated heterocycles. The van der Waals surface area contributed by atoms with Crippen LogP contribution in [0.5, 0.6) is 0 Å². The van der Waals surface area contributed by atoms with Crippen LogP contribution in [-0.4, -0.2) is 16.1 Å². The van der Waals surface area contributed by atoms with Gasteiger partial charge in [-0.3, -0.25) is 0 Å². The maximum Gasteiger partial charge on any atom is 0.193 e. The molecule has 1 aromatic carbocycles. The van der Waals surface area contributed by atoms with Gasteiger partial charge in [-0.1, -0.05) is 18.2 Å². The van der Waals surface area contributed by atoms with Gasteiger partial charge in [-0.2, -0.15) is 0 Å². The Kier molecular flexibility index (Phi) is 2.73. The number of benzene rings is 1. The van der Waals surface area contributed by atoms with E-state index < -0.39 is 0 Å². The van der Waals surface area contributed by atoms with Crippen molar-refractivity contribution in [3.63, 3.8) is 0 Å². The molecule has 2 nitrogen and oxygen atoms in total. The van der Waals surface area contributed by atoms with E-state index in [1.165, 1.54) is 0 Å². The van der Waals surface area contributed by atoms with E-state index in [1.54, 1.807) is 0 Å². The van der Waals surface area contributed by atoms with Crippen molar-refractivity contribution >= 4 is 28.2 Å². The van der Waals surface area contributed by atoms with Gasteiger partial charge in [-0.25, -0.2) is 0 Å². The SMILES string of the molecule is CC(C)OC(=S)c1c[nH]c2ccccc12. The van der Waals surface area contributed by atoms with E-state index in [1.807, 2.05) is 44.3 Å². The number of hydrogen-bond acceptors (Lipinski definition) is 2. The Morgan fingerprint density at radius 1 is 1.33 bits per heavy atom. The van der Waals surface area contributed by atoms with Gasteiger partial charge in [0.25, 0.3) is 0 Å². The van der Waals surface area contributed by atoms with Gasteiger partial charge in [0.2, 0.25) is 0 Å². The first kappa shape index (κ1) is 10.2. The molecule has 0 atom stereocenters. The minimum atomic E-state index is 0.117. The summed E-state index contributed by atoms with van der Waals surface area (Å²) >= 11 is 5.24. The number of para-hydroxylation sites is 1. The molecule has 2 aromatic rings. The van der Waals surface area contributed by atoms with Gasteiger partial charge >= 0.3 is 0 Å². The molecule has 0 amide bonds. The van der Waals surface area contributed by atoms with Crippen molar-refractivity contribution in [3.05, 3.63) is 36.0 Å². The van der Waals surface area contributed by atoms with Crippen LogP contribution in [0.15, 0.2) is 30.5 Å². The van der Waals surface area contributed by atoms with E-state index in [-0.39, 0.29) is 6.10 Å². The summed E-state index contributed by atoms with van der Waals surface area (Å²) in [6, 6.07) is 8.06. The van der Waals surface area contributed by atoms with Crippen molar-refractivity contribution < 1.29 is 4.74 Å². The molecule has 3 heteroatoms. The third-order valence-electron chi connectivity index (χ3n) is 2.15. The van der Waals surface area contributed by atoms with Crippen LogP contribution in [0, 0.1) is 0 Å². The van der Waals surface area contributed by atoms with E-state index in [2.05, 4.69) is 4.98 Å². The van der Waals surface area contributed by atoms with Crippen molar-refractivity contribution in [2.24, 2.45) is 0 Å². The van der Waals surface area contributed by atoms with E-state index in [0.29, 0.717) is 5.05 Å². The Morgan fingerprint density at radius 3 is 2.80 bits per heavy atom. The van der Waals surface area contributed by atoms with E-state index in [9.17, 15) is 0 Å². The highest BCUT2D eigenvalue weighted by Gasteiger charge is 2.09. The first-order chi connectivity index (χ1) is 7.18. The van der Waals surface area contributed by atoms with Gasteiger partial charge < -0.3 is 9.72 Å². The third-order valence-corrected chi connectivity index (χ3v) is 2.47. The molecule has 0 aliphatic carbocycles. The summed E-state index contributed by atoms with van der Waals surface area (Å²) < 4.78 is 5.51.